The number of amides is 1. The van der Waals surface area contributed by atoms with Gasteiger partial charge in [-0.2, -0.15) is 5.10 Å². The predicted molar refractivity (Wildman–Crippen MR) is 88.9 cm³/mol. The van der Waals surface area contributed by atoms with Crippen LogP contribution in [0.5, 0.6) is 0 Å². The van der Waals surface area contributed by atoms with Gasteiger partial charge in [-0.15, -0.1) is 0 Å². The molecule has 3 N–H and O–H groups in total. The number of nitrogens with zero attached hydrogens (tertiary/aromatic N) is 3. The molecule has 1 aromatic heterocycles. The first kappa shape index (κ1) is 15.1. The highest BCUT2D eigenvalue weighted by Gasteiger charge is 2.47. The van der Waals surface area contributed by atoms with Crippen molar-refractivity contribution in [1.29, 1.82) is 0 Å². The molecule has 6 heteroatoms. The number of hydrogen-bond acceptors (Lipinski definition) is 4. The van der Waals surface area contributed by atoms with Crippen LogP contribution in [0.1, 0.15) is 38.1 Å². The lowest BCUT2D eigenvalue weighted by Gasteiger charge is -2.37. The molecule has 2 aliphatic carbocycles. The van der Waals surface area contributed by atoms with Crippen molar-refractivity contribution in [2.24, 2.45) is 23.5 Å². The summed E-state index contributed by atoms with van der Waals surface area (Å²) >= 11 is 0. The second-order valence-corrected chi connectivity index (χ2v) is 7.72. The van der Waals surface area contributed by atoms with E-state index in [-0.39, 0.29) is 11.8 Å². The van der Waals surface area contributed by atoms with E-state index >= 15 is 0 Å². The van der Waals surface area contributed by atoms with E-state index in [0.717, 1.165) is 50.9 Å². The Morgan fingerprint density at radius 2 is 2.09 bits per heavy atom. The molecule has 0 radical (unpaired) electrons. The fraction of sp³-hybridized carbons (Fsp3) is 0.765. The molecule has 3 aliphatic rings. The minimum Gasteiger partial charge on any atom is -0.327 e. The van der Waals surface area contributed by atoms with E-state index in [9.17, 15) is 4.79 Å². The average molecular weight is 317 g/mol. The number of likely N-dealkylation sites (tertiary alicyclic amines) is 1. The van der Waals surface area contributed by atoms with Crippen LogP contribution >= 0.6 is 0 Å². The van der Waals surface area contributed by atoms with Gasteiger partial charge in [0.15, 0.2) is 0 Å². The van der Waals surface area contributed by atoms with Crippen LogP contribution in [0, 0.1) is 17.8 Å². The zero-order valence-corrected chi connectivity index (χ0v) is 13.8. The highest BCUT2D eigenvalue weighted by Crippen LogP contribution is 2.49. The Labute approximate surface area is 137 Å². The van der Waals surface area contributed by atoms with E-state index in [4.69, 9.17) is 5.73 Å². The molecule has 1 amide bonds. The second kappa shape index (κ2) is 5.91. The van der Waals surface area contributed by atoms with Crippen molar-refractivity contribution in [3.8, 4) is 0 Å². The zero-order valence-electron chi connectivity index (χ0n) is 13.8. The smallest absolute Gasteiger partial charge is 0.227 e. The van der Waals surface area contributed by atoms with E-state index in [2.05, 4.69) is 22.4 Å². The van der Waals surface area contributed by atoms with Crippen LogP contribution in [-0.2, 0) is 4.79 Å². The quantitative estimate of drug-likeness (QED) is 0.885. The molecule has 1 aromatic rings. The summed E-state index contributed by atoms with van der Waals surface area (Å²) in [6.07, 6.45) is 9.08. The number of nitrogens with two attached hydrogens (primary N) is 1. The van der Waals surface area contributed by atoms with Gasteiger partial charge in [-0.25, -0.2) is 0 Å². The fourth-order valence-corrected chi connectivity index (χ4v) is 4.60. The average Bonchev–Trinajstić information content (AvgIpc) is 3.12. The van der Waals surface area contributed by atoms with Crippen LogP contribution in [0.3, 0.4) is 0 Å². The molecule has 1 aliphatic heterocycles. The van der Waals surface area contributed by atoms with Gasteiger partial charge < -0.3 is 16.0 Å². The van der Waals surface area contributed by atoms with Crippen LogP contribution in [0.25, 0.3) is 0 Å². The molecule has 0 spiro atoms. The summed E-state index contributed by atoms with van der Waals surface area (Å²) in [6.45, 7) is 2.22. The first-order chi connectivity index (χ1) is 11.1. The molecule has 2 saturated carbocycles. The van der Waals surface area contributed by atoms with Crippen LogP contribution in [0.4, 0.5) is 5.69 Å². The molecule has 23 heavy (non-hydrogen) atoms. The van der Waals surface area contributed by atoms with Crippen molar-refractivity contribution < 1.29 is 4.79 Å². The van der Waals surface area contributed by atoms with Crippen molar-refractivity contribution in [2.45, 2.75) is 44.2 Å². The summed E-state index contributed by atoms with van der Waals surface area (Å²) in [5.41, 5.74) is 6.86. The molecule has 6 nitrogen and oxygen atoms in total. The Kier molecular flexibility index (Phi) is 3.89. The first-order valence-corrected chi connectivity index (χ1v) is 8.89. The van der Waals surface area contributed by atoms with E-state index in [1.807, 2.05) is 10.9 Å². The summed E-state index contributed by atoms with van der Waals surface area (Å²) in [6, 6.07) is 0.780. The molecule has 126 valence electrons. The van der Waals surface area contributed by atoms with Gasteiger partial charge >= 0.3 is 0 Å². The molecular formula is C17H27N5O. The highest BCUT2D eigenvalue weighted by molar-refractivity contribution is 5.92. The lowest BCUT2D eigenvalue weighted by molar-refractivity contribution is -0.119. The molecule has 4 unspecified atom stereocenters. The molecule has 2 heterocycles. The third kappa shape index (κ3) is 2.90. The normalized spacial score (nSPS) is 34.9. The van der Waals surface area contributed by atoms with Gasteiger partial charge in [0.2, 0.25) is 5.91 Å². The number of anilines is 1. The van der Waals surface area contributed by atoms with Gasteiger partial charge in [0, 0.05) is 18.2 Å². The molecule has 0 bridgehead atoms. The minimum atomic E-state index is 0.130. The van der Waals surface area contributed by atoms with Gasteiger partial charge in [-0.05, 0) is 64.1 Å². The maximum absolute atomic E-state index is 12.5. The SMILES string of the molecule is CN1CCC(n2cc(NC(=O)C3CC4CC(N)C4C3)cn2)CC1. The number of rotatable bonds is 3. The van der Waals surface area contributed by atoms with Gasteiger partial charge in [-0.1, -0.05) is 0 Å². The van der Waals surface area contributed by atoms with E-state index in [1.54, 1.807) is 6.20 Å². The number of carbonyl (C=O) groups excluding carboxylic acids is 1. The molecule has 4 atom stereocenters. The number of hydrogen-bond donors (Lipinski definition) is 2. The number of aromatic nitrogens is 2. The van der Waals surface area contributed by atoms with Crippen LogP contribution in [-0.4, -0.2) is 46.8 Å². The van der Waals surface area contributed by atoms with Gasteiger partial charge in [0.1, 0.15) is 0 Å². The summed E-state index contributed by atoms with van der Waals surface area (Å²) in [7, 11) is 2.16. The second-order valence-electron chi connectivity index (χ2n) is 7.72. The minimum absolute atomic E-state index is 0.130. The molecule has 1 saturated heterocycles. The maximum atomic E-state index is 12.5. The van der Waals surface area contributed by atoms with E-state index in [0.29, 0.717) is 23.9 Å². The van der Waals surface area contributed by atoms with Crippen LogP contribution in [0.15, 0.2) is 12.4 Å². The zero-order chi connectivity index (χ0) is 16.0. The Bertz CT molecular complexity index is 577. The summed E-state index contributed by atoms with van der Waals surface area (Å²) in [5.74, 6) is 1.54. The third-order valence-electron chi connectivity index (χ3n) is 6.18. The van der Waals surface area contributed by atoms with Crippen molar-refractivity contribution in [3.05, 3.63) is 12.4 Å². The summed E-state index contributed by atoms with van der Waals surface area (Å²) < 4.78 is 2.02. The summed E-state index contributed by atoms with van der Waals surface area (Å²) in [4.78, 5) is 14.8. The van der Waals surface area contributed by atoms with Gasteiger partial charge in [-0.3, -0.25) is 9.48 Å². The molecule has 3 fully saturated rings. The standard InChI is InChI=1S/C17H27N5O/c1-21-4-2-14(3-5-21)22-10-13(9-19-22)20-17(23)12-6-11-8-16(18)15(11)7-12/h9-12,14-16H,2-8,18H2,1H3,(H,20,23). The topological polar surface area (TPSA) is 76.2 Å². The van der Waals surface area contributed by atoms with Crippen molar-refractivity contribution in [3.63, 3.8) is 0 Å². The lowest BCUT2D eigenvalue weighted by Crippen LogP contribution is -2.44. The first-order valence-electron chi connectivity index (χ1n) is 8.89. The Morgan fingerprint density at radius 1 is 1.30 bits per heavy atom. The highest BCUT2D eigenvalue weighted by atomic mass is 16.1. The number of carbonyl (C=O) groups is 1. The Morgan fingerprint density at radius 3 is 2.78 bits per heavy atom. The molecule has 0 aromatic carbocycles. The lowest BCUT2D eigenvalue weighted by atomic mass is 9.72. The Balaban J connectivity index is 1.33. The third-order valence-corrected chi connectivity index (χ3v) is 6.18. The number of piperidine rings is 1. The fourth-order valence-electron chi connectivity index (χ4n) is 4.60. The maximum Gasteiger partial charge on any atom is 0.227 e. The number of fused-ring (bicyclic) bond motifs is 1. The van der Waals surface area contributed by atoms with E-state index in [1.165, 1.54) is 0 Å². The summed E-state index contributed by atoms with van der Waals surface area (Å²) in [5, 5.41) is 7.52. The number of nitrogens with one attached hydrogen (secondary N) is 1. The largest absolute Gasteiger partial charge is 0.327 e. The molecule has 4 rings (SSSR count). The van der Waals surface area contributed by atoms with Gasteiger partial charge in [0.05, 0.1) is 17.9 Å². The molecular weight excluding hydrogens is 290 g/mol. The van der Waals surface area contributed by atoms with E-state index < -0.39 is 0 Å². The van der Waals surface area contributed by atoms with Crippen LogP contribution in [0.2, 0.25) is 0 Å². The predicted octanol–water partition coefficient (Wildman–Crippen LogP) is 1.46. The van der Waals surface area contributed by atoms with Crippen LogP contribution < -0.4 is 11.1 Å². The Hall–Kier alpha value is -1.40. The monoisotopic (exact) mass is 317 g/mol. The van der Waals surface area contributed by atoms with Crippen molar-refractivity contribution in [2.75, 3.05) is 25.5 Å². The van der Waals surface area contributed by atoms with Crippen molar-refractivity contribution in [1.82, 2.24) is 14.7 Å². The van der Waals surface area contributed by atoms with Crippen molar-refractivity contribution >= 4 is 11.6 Å². The van der Waals surface area contributed by atoms with Gasteiger partial charge in [0.25, 0.3) is 0 Å².